The fourth-order valence-electron chi connectivity index (χ4n) is 4.22. The molecule has 2 atom stereocenters. The summed E-state index contributed by atoms with van der Waals surface area (Å²) in [5.41, 5.74) is 1.08. The van der Waals surface area contributed by atoms with Crippen molar-refractivity contribution >= 4 is 27.3 Å². The van der Waals surface area contributed by atoms with E-state index in [0.29, 0.717) is 30.1 Å². The first-order valence-electron chi connectivity index (χ1n) is 11.1. The highest BCUT2D eigenvalue weighted by atomic mass is 32.2. The standard InChI is InChI=1S/C23H33N3O4S2/c1-4-25(5-2)21(18-9-6-11-20(15-18)30-3)16-24-23(27)19-10-7-13-26(17-19)32(28,29)22-12-8-14-31-22/h6,8-9,11-12,14-15,19,21H,4-5,7,10,13,16-17H2,1-3H3,(H,24,27)/t19-,21+/m0/s1. The van der Waals surface area contributed by atoms with Gasteiger partial charge in [-0.25, -0.2) is 8.42 Å². The van der Waals surface area contributed by atoms with Crippen LogP contribution >= 0.6 is 11.3 Å². The minimum atomic E-state index is -3.54. The van der Waals surface area contributed by atoms with E-state index in [2.05, 4.69) is 24.1 Å². The maximum atomic E-state index is 13.0. The fraction of sp³-hybridized carbons (Fsp3) is 0.522. The molecular formula is C23H33N3O4S2. The van der Waals surface area contributed by atoms with Gasteiger partial charge in [0.05, 0.1) is 19.1 Å². The lowest BCUT2D eigenvalue weighted by atomic mass is 9.98. The predicted molar refractivity (Wildman–Crippen MR) is 127 cm³/mol. The van der Waals surface area contributed by atoms with Gasteiger partial charge < -0.3 is 10.1 Å². The third-order valence-electron chi connectivity index (χ3n) is 6.05. The van der Waals surface area contributed by atoms with Crippen LogP contribution in [0, 0.1) is 5.92 Å². The number of thiophene rings is 1. The minimum absolute atomic E-state index is 0.0126. The smallest absolute Gasteiger partial charge is 0.252 e. The lowest BCUT2D eigenvalue weighted by Gasteiger charge is -2.33. The Bertz CT molecular complexity index is 975. The molecule has 1 amide bonds. The van der Waals surface area contributed by atoms with E-state index in [-0.39, 0.29) is 24.4 Å². The Labute approximate surface area is 195 Å². The number of benzene rings is 1. The molecule has 1 aromatic carbocycles. The summed E-state index contributed by atoms with van der Waals surface area (Å²) in [6.07, 6.45) is 1.37. The second-order valence-electron chi connectivity index (χ2n) is 7.89. The van der Waals surface area contributed by atoms with Crippen molar-refractivity contribution < 1.29 is 17.9 Å². The zero-order valence-corrected chi connectivity index (χ0v) is 20.6. The van der Waals surface area contributed by atoms with Crippen LogP contribution < -0.4 is 10.1 Å². The molecule has 1 aliphatic heterocycles. The summed E-state index contributed by atoms with van der Waals surface area (Å²) in [5, 5.41) is 4.86. The van der Waals surface area contributed by atoms with E-state index in [1.807, 2.05) is 24.3 Å². The molecule has 2 heterocycles. The molecule has 7 nitrogen and oxygen atoms in total. The maximum absolute atomic E-state index is 13.0. The topological polar surface area (TPSA) is 79.0 Å². The van der Waals surface area contributed by atoms with Gasteiger partial charge in [-0.2, -0.15) is 4.31 Å². The first-order chi connectivity index (χ1) is 15.4. The predicted octanol–water partition coefficient (Wildman–Crippen LogP) is 3.36. The number of carbonyl (C=O) groups is 1. The Morgan fingerprint density at radius 3 is 2.72 bits per heavy atom. The number of carbonyl (C=O) groups excluding carboxylic acids is 1. The summed E-state index contributed by atoms with van der Waals surface area (Å²) in [5.74, 6) is 0.352. The maximum Gasteiger partial charge on any atom is 0.252 e. The molecule has 0 aliphatic carbocycles. The normalized spacial score (nSPS) is 18.4. The van der Waals surface area contributed by atoms with Crippen LogP contribution in [0.3, 0.4) is 0 Å². The number of amides is 1. The van der Waals surface area contributed by atoms with E-state index in [4.69, 9.17) is 4.74 Å². The van der Waals surface area contributed by atoms with Crippen LogP contribution in [-0.4, -0.2) is 63.4 Å². The van der Waals surface area contributed by atoms with E-state index in [1.54, 1.807) is 24.6 Å². The summed E-state index contributed by atoms with van der Waals surface area (Å²) in [4.78, 5) is 15.3. The van der Waals surface area contributed by atoms with Gasteiger partial charge in [0, 0.05) is 19.6 Å². The molecule has 1 fully saturated rings. The molecule has 0 saturated carbocycles. The van der Waals surface area contributed by atoms with Gasteiger partial charge in [-0.15, -0.1) is 11.3 Å². The first-order valence-corrected chi connectivity index (χ1v) is 13.4. The molecule has 0 spiro atoms. The van der Waals surface area contributed by atoms with Crippen LogP contribution in [0.25, 0.3) is 0 Å². The van der Waals surface area contributed by atoms with Crippen LogP contribution in [-0.2, 0) is 14.8 Å². The van der Waals surface area contributed by atoms with E-state index in [9.17, 15) is 13.2 Å². The van der Waals surface area contributed by atoms with Gasteiger partial charge >= 0.3 is 0 Å². The van der Waals surface area contributed by atoms with Crippen LogP contribution in [0.4, 0.5) is 0 Å². The zero-order valence-electron chi connectivity index (χ0n) is 19.0. The molecule has 1 N–H and O–H groups in total. The minimum Gasteiger partial charge on any atom is -0.497 e. The molecule has 1 aromatic heterocycles. The van der Waals surface area contributed by atoms with Gasteiger partial charge in [0.2, 0.25) is 5.91 Å². The molecule has 0 bridgehead atoms. The summed E-state index contributed by atoms with van der Waals surface area (Å²) in [7, 11) is -1.89. The van der Waals surface area contributed by atoms with E-state index >= 15 is 0 Å². The lowest BCUT2D eigenvalue weighted by molar-refractivity contribution is -0.126. The summed E-state index contributed by atoms with van der Waals surface area (Å²) >= 11 is 1.21. The van der Waals surface area contributed by atoms with Gasteiger partial charge in [0.15, 0.2) is 0 Å². The fourth-order valence-corrected chi connectivity index (χ4v) is 6.89. The van der Waals surface area contributed by atoms with Crippen LogP contribution in [0.2, 0.25) is 0 Å². The SMILES string of the molecule is CCN(CC)[C@H](CNC(=O)[C@H]1CCCN(S(=O)(=O)c2cccs2)C1)c1cccc(OC)c1. The number of piperidine rings is 1. The average Bonchev–Trinajstić information content (AvgIpc) is 3.38. The highest BCUT2D eigenvalue weighted by molar-refractivity contribution is 7.91. The number of hydrogen-bond donors (Lipinski definition) is 1. The van der Waals surface area contributed by atoms with Crippen molar-refractivity contribution in [3.05, 3.63) is 47.3 Å². The third kappa shape index (κ3) is 5.70. The Balaban J connectivity index is 1.69. The Kier molecular flexibility index (Phi) is 8.70. The van der Waals surface area contributed by atoms with Crippen molar-refractivity contribution in [1.82, 2.24) is 14.5 Å². The van der Waals surface area contributed by atoms with E-state index in [0.717, 1.165) is 24.4 Å². The van der Waals surface area contributed by atoms with Crippen molar-refractivity contribution in [2.45, 2.75) is 36.9 Å². The van der Waals surface area contributed by atoms with Gasteiger partial charge in [-0.1, -0.05) is 32.0 Å². The van der Waals surface area contributed by atoms with Gasteiger partial charge in [-0.3, -0.25) is 9.69 Å². The molecule has 32 heavy (non-hydrogen) atoms. The molecule has 1 saturated heterocycles. The van der Waals surface area contributed by atoms with Gasteiger partial charge in [0.25, 0.3) is 10.0 Å². The largest absolute Gasteiger partial charge is 0.497 e. The number of sulfonamides is 1. The summed E-state index contributed by atoms with van der Waals surface area (Å²) < 4.78 is 32.9. The second kappa shape index (κ2) is 11.3. The zero-order chi connectivity index (χ0) is 23.1. The Hall–Kier alpha value is -1.94. The monoisotopic (exact) mass is 479 g/mol. The number of nitrogens with zero attached hydrogens (tertiary/aromatic N) is 2. The average molecular weight is 480 g/mol. The van der Waals surface area contributed by atoms with Crippen molar-refractivity contribution in [3.63, 3.8) is 0 Å². The number of methoxy groups -OCH3 is 1. The molecule has 176 valence electrons. The Morgan fingerprint density at radius 2 is 2.06 bits per heavy atom. The second-order valence-corrected chi connectivity index (χ2v) is 11.0. The van der Waals surface area contributed by atoms with Gasteiger partial charge in [0.1, 0.15) is 9.96 Å². The molecule has 0 unspecified atom stereocenters. The summed E-state index contributed by atoms with van der Waals surface area (Å²) in [6.45, 7) is 7.05. The lowest BCUT2D eigenvalue weighted by Crippen LogP contribution is -2.47. The molecule has 3 rings (SSSR count). The number of likely N-dealkylation sites (N-methyl/N-ethyl adjacent to an activating group) is 1. The van der Waals surface area contributed by atoms with E-state index < -0.39 is 10.0 Å². The molecule has 1 aliphatic rings. The third-order valence-corrected chi connectivity index (χ3v) is 9.28. The molecule has 9 heteroatoms. The molecule has 2 aromatic rings. The quantitative estimate of drug-likeness (QED) is 0.565. The molecule has 0 radical (unpaired) electrons. The highest BCUT2D eigenvalue weighted by Crippen LogP contribution is 2.27. The Morgan fingerprint density at radius 1 is 1.28 bits per heavy atom. The number of rotatable bonds is 10. The summed E-state index contributed by atoms with van der Waals surface area (Å²) in [6, 6.07) is 11.3. The first kappa shape index (κ1) is 24.7. The van der Waals surface area contributed by atoms with Crippen LogP contribution in [0.15, 0.2) is 46.0 Å². The van der Waals surface area contributed by atoms with E-state index in [1.165, 1.54) is 15.6 Å². The van der Waals surface area contributed by atoms with Crippen molar-refractivity contribution in [3.8, 4) is 5.75 Å². The van der Waals surface area contributed by atoms with Crippen LogP contribution in [0.5, 0.6) is 5.75 Å². The van der Waals surface area contributed by atoms with Crippen LogP contribution in [0.1, 0.15) is 38.3 Å². The van der Waals surface area contributed by atoms with Gasteiger partial charge in [-0.05, 0) is 55.1 Å². The van der Waals surface area contributed by atoms with Crippen molar-refractivity contribution in [2.24, 2.45) is 5.92 Å². The number of nitrogens with one attached hydrogen (secondary N) is 1. The van der Waals surface area contributed by atoms with Crippen molar-refractivity contribution in [1.29, 1.82) is 0 Å². The number of hydrogen-bond acceptors (Lipinski definition) is 6. The highest BCUT2D eigenvalue weighted by Gasteiger charge is 2.34. The number of ether oxygens (including phenoxy) is 1. The molecular weight excluding hydrogens is 446 g/mol. The van der Waals surface area contributed by atoms with Crippen molar-refractivity contribution in [2.75, 3.05) is 39.8 Å².